The first kappa shape index (κ1) is 22.0. The Kier molecular flexibility index (Phi) is 13.5. The summed E-state index contributed by atoms with van der Waals surface area (Å²) < 4.78 is 6.19. The Morgan fingerprint density at radius 2 is 2.14 bits per heavy atom. The Morgan fingerprint density at radius 3 is 2.82 bits per heavy atom. The van der Waals surface area contributed by atoms with Crippen molar-refractivity contribution in [3.8, 4) is 0 Å². The number of thioether (sulfide) groups is 1. The van der Waals surface area contributed by atoms with Gasteiger partial charge in [0.2, 0.25) is 0 Å². The van der Waals surface area contributed by atoms with Crippen LogP contribution in [0.3, 0.4) is 0 Å². The van der Waals surface area contributed by atoms with E-state index in [0.717, 1.165) is 29.6 Å². The maximum atomic E-state index is 5.80. The summed E-state index contributed by atoms with van der Waals surface area (Å²) in [6, 6.07) is 8.48. The van der Waals surface area contributed by atoms with Crippen molar-refractivity contribution in [2.24, 2.45) is 10.7 Å². The number of nitrogens with two attached hydrogens (primary N) is 1. The lowest BCUT2D eigenvalue weighted by Crippen LogP contribution is -2.40. The molecule has 1 aromatic rings. The number of ether oxygens (including phenoxy) is 1. The Morgan fingerprint density at radius 1 is 1.41 bits per heavy atom. The first-order chi connectivity index (χ1) is 10.1. The van der Waals surface area contributed by atoms with Gasteiger partial charge in [0.05, 0.1) is 6.61 Å². The molecule has 0 radical (unpaired) electrons. The molecule has 1 atom stereocenters. The number of unbranched alkanes of at least 4 members (excludes halogenated alkanes) is 1. The van der Waals surface area contributed by atoms with Gasteiger partial charge in [0, 0.05) is 29.1 Å². The van der Waals surface area contributed by atoms with Gasteiger partial charge in [-0.25, -0.2) is 0 Å². The molecule has 22 heavy (non-hydrogen) atoms. The molecule has 0 fully saturated rings. The van der Waals surface area contributed by atoms with Gasteiger partial charge in [0.25, 0.3) is 0 Å². The second kappa shape index (κ2) is 13.4. The van der Waals surface area contributed by atoms with Gasteiger partial charge in [-0.15, -0.1) is 35.7 Å². The normalized spacial score (nSPS) is 12.6. The Labute approximate surface area is 163 Å². The molecule has 1 rings (SSSR count). The lowest BCUT2D eigenvalue weighted by Gasteiger charge is -2.12. The molecular weight excluding hydrogens is 477 g/mol. The van der Waals surface area contributed by atoms with Crippen LogP contribution in [0.2, 0.25) is 0 Å². The van der Waals surface area contributed by atoms with Crippen molar-refractivity contribution in [3.05, 3.63) is 28.7 Å². The van der Waals surface area contributed by atoms with E-state index in [-0.39, 0.29) is 30.0 Å². The summed E-state index contributed by atoms with van der Waals surface area (Å²) in [7, 11) is 1.67. The molecule has 0 heterocycles. The molecule has 126 valence electrons. The molecule has 1 unspecified atom stereocenters. The fourth-order valence-electron chi connectivity index (χ4n) is 1.75. The summed E-state index contributed by atoms with van der Waals surface area (Å²) >= 11 is 5.42. The summed E-state index contributed by atoms with van der Waals surface area (Å²) in [5.41, 5.74) is 5.80. The summed E-state index contributed by atoms with van der Waals surface area (Å²) in [4.78, 5) is 5.61. The number of hydrogen-bond acceptors (Lipinski definition) is 3. The van der Waals surface area contributed by atoms with Crippen molar-refractivity contribution in [2.45, 2.75) is 30.7 Å². The van der Waals surface area contributed by atoms with Crippen LogP contribution in [0, 0.1) is 0 Å². The summed E-state index contributed by atoms with van der Waals surface area (Å²) in [5, 5.41) is 3.10. The van der Waals surface area contributed by atoms with Gasteiger partial charge in [-0.05, 0) is 53.6 Å². The van der Waals surface area contributed by atoms with Crippen LogP contribution >= 0.6 is 51.7 Å². The molecule has 0 aliphatic heterocycles. The molecule has 0 saturated heterocycles. The summed E-state index contributed by atoms with van der Waals surface area (Å²) in [6.07, 6.45) is 2.16. The zero-order valence-electron chi connectivity index (χ0n) is 13.0. The highest BCUT2D eigenvalue weighted by atomic mass is 127. The molecule has 0 aliphatic carbocycles. The number of aliphatic imine (C=N–C) groups is 1. The number of guanidine groups is 1. The van der Waals surface area contributed by atoms with E-state index in [1.807, 2.05) is 24.8 Å². The predicted octanol–water partition coefficient (Wildman–Crippen LogP) is 3.88. The van der Waals surface area contributed by atoms with Crippen molar-refractivity contribution in [1.29, 1.82) is 0 Å². The quantitative estimate of drug-likeness (QED) is 0.177. The van der Waals surface area contributed by atoms with Crippen molar-refractivity contribution >= 4 is 57.6 Å². The maximum Gasteiger partial charge on any atom is 0.188 e. The van der Waals surface area contributed by atoms with Crippen LogP contribution in [0.4, 0.5) is 0 Å². The Balaban J connectivity index is 0.00000441. The van der Waals surface area contributed by atoms with E-state index in [0.29, 0.717) is 12.6 Å². The van der Waals surface area contributed by atoms with Gasteiger partial charge in [-0.1, -0.05) is 12.1 Å². The van der Waals surface area contributed by atoms with Gasteiger partial charge in [0.1, 0.15) is 0 Å². The van der Waals surface area contributed by atoms with E-state index in [4.69, 9.17) is 10.5 Å². The minimum absolute atomic E-state index is 0. The van der Waals surface area contributed by atoms with Gasteiger partial charge >= 0.3 is 0 Å². The fraction of sp³-hybridized carbons (Fsp3) is 0.533. The molecule has 0 spiro atoms. The Bertz CT molecular complexity index is 449. The van der Waals surface area contributed by atoms with E-state index in [9.17, 15) is 0 Å². The van der Waals surface area contributed by atoms with Gasteiger partial charge in [-0.3, -0.25) is 4.99 Å². The van der Waals surface area contributed by atoms with Crippen molar-refractivity contribution < 1.29 is 4.74 Å². The third-order valence-corrected chi connectivity index (χ3v) is 4.85. The van der Waals surface area contributed by atoms with Gasteiger partial charge < -0.3 is 15.8 Å². The number of nitrogens with zero attached hydrogens (tertiary/aromatic N) is 1. The second-order valence-electron chi connectivity index (χ2n) is 4.75. The number of halogens is 2. The molecule has 3 N–H and O–H groups in total. The van der Waals surface area contributed by atoms with Crippen molar-refractivity contribution in [2.75, 3.05) is 26.0 Å². The predicted molar refractivity (Wildman–Crippen MR) is 110 cm³/mol. The highest BCUT2D eigenvalue weighted by Gasteiger charge is 2.01. The number of methoxy groups -OCH3 is 1. The molecule has 0 saturated carbocycles. The molecule has 4 nitrogen and oxygen atoms in total. The smallest absolute Gasteiger partial charge is 0.188 e. The number of rotatable bonds is 9. The van der Waals surface area contributed by atoms with Crippen LogP contribution in [-0.2, 0) is 4.74 Å². The van der Waals surface area contributed by atoms with E-state index < -0.39 is 0 Å². The third-order valence-electron chi connectivity index (χ3n) is 2.74. The topological polar surface area (TPSA) is 59.6 Å². The highest BCUT2D eigenvalue weighted by molar-refractivity contribution is 14.0. The van der Waals surface area contributed by atoms with Crippen LogP contribution in [0.5, 0.6) is 0 Å². The standard InChI is InChI=1S/C15H24BrN3OS.HI/c1-12(11-20-2)19-15(17)18-9-5-6-10-21-14-8-4-3-7-13(14)16;/h3-4,7-8,12H,5-6,9-11H2,1-2H3,(H3,17,18,19);1H. The van der Waals surface area contributed by atoms with E-state index in [2.05, 4.69) is 44.4 Å². The fourth-order valence-corrected chi connectivity index (χ4v) is 3.32. The SMILES string of the molecule is COCC(C)NC(N)=NCCCCSc1ccccc1Br.I. The van der Waals surface area contributed by atoms with Crippen molar-refractivity contribution in [3.63, 3.8) is 0 Å². The van der Waals surface area contributed by atoms with Crippen LogP contribution in [0.25, 0.3) is 0 Å². The molecule has 1 aromatic carbocycles. The minimum atomic E-state index is 0. The van der Waals surface area contributed by atoms with E-state index >= 15 is 0 Å². The second-order valence-corrected chi connectivity index (χ2v) is 6.74. The largest absolute Gasteiger partial charge is 0.383 e. The zero-order valence-corrected chi connectivity index (χ0v) is 17.8. The summed E-state index contributed by atoms with van der Waals surface area (Å²) in [5.74, 6) is 1.59. The van der Waals surface area contributed by atoms with Gasteiger partial charge in [0.15, 0.2) is 5.96 Å². The lowest BCUT2D eigenvalue weighted by atomic mass is 10.3. The average molecular weight is 502 g/mol. The molecular formula is C15H25BrIN3OS. The van der Waals surface area contributed by atoms with Crippen LogP contribution < -0.4 is 11.1 Å². The molecule has 0 amide bonds. The molecule has 0 aromatic heterocycles. The van der Waals surface area contributed by atoms with Crippen LogP contribution in [-0.4, -0.2) is 38.0 Å². The number of hydrogen-bond donors (Lipinski definition) is 2. The van der Waals surface area contributed by atoms with E-state index in [1.54, 1.807) is 7.11 Å². The van der Waals surface area contributed by atoms with E-state index in [1.165, 1.54) is 4.90 Å². The first-order valence-electron chi connectivity index (χ1n) is 7.06. The monoisotopic (exact) mass is 501 g/mol. The molecule has 0 bridgehead atoms. The zero-order chi connectivity index (χ0) is 15.5. The maximum absolute atomic E-state index is 5.80. The van der Waals surface area contributed by atoms with Gasteiger partial charge in [-0.2, -0.15) is 0 Å². The van der Waals surface area contributed by atoms with Crippen molar-refractivity contribution in [1.82, 2.24) is 5.32 Å². The highest BCUT2D eigenvalue weighted by Crippen LogP contribution is 2.27. The summed E-state index contributed by atoms with van der Waals surface area (Å²) in [6.45, 7) is 3.40. The number of benzene rings is 1. The average Bonchev–Trinajstić information content (AvgIpc) is 2.44. The third kappa shape index (κ3) is 9.91. The number of nitrogens with one attached hydrogen (secondary N) is 1. The van der Waals surface area contributed by atoms with Crippen LogP contribution in [0.1, 0.15) is 19.8 Å². The molecule has 0 aliphatic rings. The Hall–Kier alpha value is 0.01000. The van der Waals surface area contributed by atoms with Crippen LogP contribution in [0.15, 0.2) is 38.6 Å². The first-order valence-corrected chi connectivity index (χ1v) is 8.84. The molecule has 7 heteroatoms. The minimum Gasteiger partial charge on any atom is -0.383 e. The lowest BCUT2D eigenvalue weighted by molar-refractivity contribution is 0.179.